The Morgan fingerprint density at radius 1 is 1.24 bits per heavy atom. The smallest absolute Gasteiger partial charge is 0.0457 e. The molecule has 1 rings (SSSR count). The van der Waals surface area contributed by atoms with Crippen molar-refractivity contribution < 1.29 is 10.2 Å². The van der Waals surface area contributed by atoms with E-state index in [2.05, 4.69) is 44.9 Å². The van der Waals surface area contributed by atoms with Gasteiger partial charge in [0.05, 0.1) is 0 Å². The van der Waals surface area contributed by atoms with Crippen LogP contribution in [0.3, 0.4) is 0 Å². The van der Waals surface area contributed by atoms with Gasteiger partial charge in [-0.2, -0.15) is 0 Å². The minimum Gasteiger partial charge on any atom is -0.314 e. The molecule has 1 aliphatic rings. The van der Waals surface area contributed by atoms with Crippen molar-refractivity contribution in [3.63, 3.8) is 0 Å². The van der Waals surface area contributed by atoms with Crippen molar-refractivity contribution in [3.8, 4) is 0 Å². The normalized spacial score (nSPS) is 25.1. The molecule has 0 unspecified atom stereocenters. The van der Waals surface area contributed by atoms with Crippen molar-refractivity contribution in [3.05, 3.63) is 0 Å². The molecule has 0 aromatic heterocycles. The number of hydroxylamine groups is 2. The highest BCUT2D eigenvalue weighted by Crippen LogP contribution is 2.38. The molecule has 102 valence electrons. The van der Waals surface area contributed by atoms with Gasteiger partial charge in [-0.1, -0.05) is 13.3 Å². The summed E-state index contributed by atoms with van der Waals surface area (Å²) >= 11 is 0. The Balaban J connectivity index is 2.63. The fourth-order valence-corrected chi connectivity index (χ4v) is 3.11. The van der Waals surface area contributed by atoms with E-state index in [0.717, 1.165) is 19.4 Å². The molecule has 1 aliphatic heterocycles. The second-order valence-electron chi connectivity index (χ2n) is 6.41. The summed E-state index contributed by atoms with van der Waals surface area (Å²) in [6, 6.07) is 0.498. The van der Waals surface area contributed by atoms with Gasteiger partial charge in [-0.25, -0.2) is 5.26 Å². The number of hydrogen-bond donors (Lipinski definition) is 2. The lowest BCUT2D eigenvalue weighted by molar-refractivity contribution is -0.453. The molecule has 1 saturated heterocycles. The van der Waals surface area contributed by atoms with Crippen molar-refractivity contribution in [2.24, 2.45) is 0 Å². The summed E-state index contributed by atoms with van der Waals surface area (Å²) in [5, 5.41) is 14.4. The van der Waals surface area contributed by atoms with Crippen molar-refractivity contribution in [2.75, 3.05) is 6.54 Å². The second-order valence-corrected chi connectivity index (χ2v) is 6.41. The average Bonchev–Trinajstić information content (AvgIpc) is 2.14. The van der Waals surface area contributed by atoms with Crippen molar-refractivity contribution >= 4 is 0 Å². The molecule has 0 amide bonds. The molecular weight excluding hydrogens is 216 g/mol. The minimum atomic E-state index is -0.152. The minimum absolute atomic E-state index is 0.152. The van der Waals surface area contributed by atoms with Crippen LogP contribution in [0.2, 0.25) is 0 Å². The highest BCUT2D eigenvalue weighted by atomic mass is 17.2. The Labute approximate surface area is 105 Å². The molecule has 17 heavy (non-hydrogen) atoms. The lowest BCUT2D eigenvalue weighted by Gasteiger charge is -2.52. The fraction of sp³-hybridized carbons (Fsp3) is 1.00. The lowest BCUT2D eigenvalue weighted by atomic mass is 9.79. The summed E-state index contributed by atoms with van der Waals surface area (Å²) in [7, 11) is 0. The third-order valence-corrected chi connectivity index (χ3v) is 3.64. The molecule has 2 N–H and O–H groups in total. The van der Waals surface area contributed by atoms with Gasteiger partial charge in [0.2, 0.25) is 0 Å². The maximum absolute atomic E-state index is 9.07. The third kappa shape index (κ3) is 3.65. The van der Waals surface area contributed by atoms with E-state index in [1.165, 1.54) is 12.8 Å². The van der Waals surface area contributed by atoms with Crippen LogP contribution >= 0.6 is 0 Å². The summed E-state index contributed by atoms with van der Waals surface area (Å²) in [6.07, 6.45) is 4.41. The van der Waals surface area contributed by atoms with Crippen LogP contribution in [-0.2, 0) is 4.99 Å². The maximum Gasteiger partial charge on any atom is 0.0457 e. The summed E-state index contributed by atoms with van der Waals surface area (Å²) < 4.78 is 0. The van der Waals surface area contributed by atoms with Gasteiger partial charge in [0.25, 0.3) is 0 Å². The van der Waals surface area contributed by atoms with E-state index in [4.69, 9.17) is 5.26 Å². The lowest BCUT2D eigenvalue weighted by Crippen LogP contribution is -2.63. The molecule has 0 aromatic rings. The van der Waals surface area contributed by atoms with E-state index in [0.29, 0.717) is 6.04 Å². The topological polar surface area (TPSA) is 44.7 Å². The molecule has 0 radical (unpaired) electrons. The third-order valence-electron chi connectivity index (χ3n) is 3.64. The average molecular weight is 244 g/mol. The highest BCUT2D eigenvalue weighted by molar-refractivity contribution is 4.98. The van der Waals surface area contributed by atoms with Crippen LogP contribution in [0.4, 0.5) is 0 Å². The summed E-state index contributed by atoms with van der Waals surface area (Å²) in [5.41, 5.74) is -0.305. The first-order valence-corrected chi connectivity index (χ1v) is 6.69. The van der Waals surface area contributed by atoms with Gasteiger partial charge in [0.15, 0.2) is 0 Å². The SMILES string of the molecule is CCCCNC1CC(C)(C)N(OO)C(C)(C)C1. The number of nitrogens with zero attached hydrogens (tertiary/aromatic N) is 1. The van der Waals surface area contributed by atoms with Crippen LogP contribution in [0, 0.1) is 0 Å². The van der Waals surface area contributed by atoms with Crippen molar-refractivity contribution in [1.82, 2.24) is 10.4 Å². The first-order chi connectivity index (χ1) is 7.83. The molecule has 0 spiro atoms. The molecule has 0 aromatic carbocycles. The molecule has 0 atom stereocenters. The molecular formula is C13H28N2O2. The van der Waals surface area contributed by atoms with E-state index in [9.17, 15) is 0 Å². The van der Waals surface area contributed by atoms with Crippen molar-refractivity contribution in [2.45, 2.75) is 77.4 Å². The molecule has 1 fully saturated rings. The number of nitrogens with one attached hydrogen (secondary N) is 1. The van der Waals surface area contributed by atoms with Gasteiger partial charge in [0, 0.05) is 17.1 Å². The van der Waals surface area contributed by atoms with Gasteiger partial charge in [0.1, 0.15) is 0 Å². The molecule has 0 aliphatic carbocycles. The molecule has 4 nitrogen and oxygen atoms in total. The standard InChI is InChI=1S/C13H28N2O2/c1-6-7-8-14-11-9-12(2,3)15(17-16)13(4,5)10-11/h11,14,16H,6-10H2,1-5H3. The molecule has 0 bridgehead atoms. The van der Waals surface area contributed by atoms with Crippen LogP contribution in [0.25, 0.3) is 0 Å². The zero-order valence-corrected chi connectivity index (χ0v) is 11.9. The monoisotopic (exact) mass is 244 g/mol. The van der Waals surface area contributed by atoms with Gasteiger partial charge >= 0.3 is 0 Å². The van der Waals surface area contributed by atoms with Crippen LogP contribution in [0.5, 0.6) is 0 Å². The number of piperidine rings is 1. The zero-order valence-electron chi connectivity index (χ0n) is 11.9. The predicted octanol–water partition coefficient (Wildman–Crippen LogP) is 2.80. The Morgan fingerprint density at radius 2 is 1.76 bits per heavy atom. The zero-order chi connectivity index (χ0) is 13.1. The Bertz CT molecular complexity index is 224. The van der Waals surface area contributed by atoms with Crippen LogP contribution in [0.1, 0.15) is 60.3 Å². The first-order valence-electron chi connectivity index (χ1n) is 6.69. The van der Waals surface area contributed by atoms with Gasteiger partial charge in [-0.3, -0.25) is 0 Å². The van der Waals surface area contributed by atoms with Crippen LogP contribution < -0.4 is 5.32 Å². The van der Waals surface area contributed by atoms with E-state index < -0.39 is 0 Å². The Hall–Kier alpha value is -0.160. The summed E-state index contributed by atoms with van der Waals surface area (Å²) in [6.45, 7) is 11.7. The van der Waals surface area contributed by atoms with Crippen LogP contribution in [-0.4, -0.2) is 34.0 Å². The Morgan fingerprint density at radius 3 is 2.18 bits per heavy atom. The largest absolute Gasteiger partial charge is 0.314 e. The first kappa shape index (κ1) is 14.9. The highest BCUT2D eigenvalue weighted by Gasteiger charge is 2.46. The van der Waals surface area contributed by atoms with Crippen LogP contribution in [0.15, 0.2) is 0 Å². The van der Waals surface area contributed by atoms with E-state index in [1.54, 1.807) is 5.06 Å². The quantitative estimate of drug-likeness (QED) is 0.443. The van der Waals surface area contributed by atoms with Gasteiger partial charge < -0.3 is 5.32 Å². The number of hydrogen-bond acceptors (Lipinski definition) is 4. The number of unbranched alkanes of at least 4 members (excludes halogenated alkanes) is 1. The predicted molar refractivity (Wildman–Crippen MR) is 69.6 cm³/mol. The van der Waals surface area contributed by atoms with Crippen molar-refractivity contribution in [1.29, 1.82) is 0 Å². The van der Waals surface area contributed by atoms with E-state index in [-0.39, 0.29) is 11.1 Å². The van der Waals surface area contributed by atoms with E-state index >= 15 is 0 Å². The molecule has 4 heteroatoms. The van der Waals surface area contributed by atoms with Gasteiger partial charge in [-0.05, 0) is 53.5 Å². The maximum atomic E-state index is 9.07. The number of rotatable bonds is 5. The fourth-order valence-electron chi connectivity index (χ4n) is 3.11. The summed E-state index contributed by atoms with van der Waals surface area (Å²) in [4.78, 5) is 4.60. The van der Waals surface area contributed by atoms with E-state index in [1.807, 2.05) is 0 Å². The molecule has 0 saturated carbocycles. The second kappa shape index (κ2) is 5.65. The summed E-state index contributed by atoms with van der Waals surface area (Å²) in [5.74, 6) is 0. The van der Waals surface area contributed by atoms with Gasteiger partial charge in [-0.15, -0.1) is 10.1 Å². The molecule has 1 heterocycles. The Kier molecular flexibility index (Phi) is 4.95.